The topological polar surface area (TPSA) is 94.0 Å². The highest BCUT2D eigenvalue weighted by Gasteiger charge is 2.35. The summed E-state index contributed by atoms with van der Waals surface area (Å²) in [7, 11) is -3.76. The molecular weight excluding hydrogens is 445 g/mol. The van der Waals surface area contributed by atoms with Gasteiger partial charge in [-0.1, -0.05) is 24.3 Å². The summed E-state index contributed by atoms with van der Waals surface area (Å²) in [5, 5.41) is 0. The second kappa shape index (κ2) is 8.95. The van der Waals surface area contributed by atoms with E-state index in [0.717, 1.165) is 13.1 Å². The second-order valence-corrected chi connectivity index (χ2v) is 8.65. The molecule has 2 aromatic heterocycles. The lowest BCUT2D eigenvalue weighted by Gasteiger charge is -2.09. The van der Waals surface area contributed by atoms with Crippen molar-refractivity contribution >= 4 is 22.0 Å². The maximum atomic E-state index is 13.3. The van der Waals surface area contributed by atoms with Crippen molar-refractivity contribution in [1.29, 1.82) is 0 Å². The van der Waals surface area contributed by atoms with Crippen molar-refractivity contribution in [3.8, 4) is 17.1 Å². The second-order valence-electron chi connectivity index (χ2n) is 6.89. The number of nitrogens with one attached hydrogen (secondary N) is 1. The fourth-order valence-corrected chi connectivity index (χ4v) is 3.81. The standard InChI is InChI=1S/C21H19F3N4O3S/c1-14-18(6-3-11-25-14)20-26-19(21(22,23)24)13-28(20)17-9-7-16(8-10-17)5-4-12-32(30,31)27-15(2)29/h3-11,13H,12H2,1-2H3,(H,27,29). The lowest BCUT2D eigenvalue weighted by Crippen LogP contribution is -2.29. The number of benzene rings is 1. The Bertz CT molecular complexity index is 1260. The summed E-state index contributed by atoms with van der Waals surface area (Å²) in [6, 6.07) is 9.72. The average molecular weight is 464 g/mol. The molecule has 1 aromatic carbocycles. The minimum Gasteiger partial charge on any atom is -0.299 e. The van der Waals surface area contributed by atoms with Crippen molar-refractivity contribution in [3.05, 3.63) is 71.8 Å². The normalized spacial score (nSPS) is 12.3. The molecule has 0 aliphatic carbocycles. The van der Waals surface area contributed by atoms with Crippen molar-refractivity contribution in [2.75, 3.05) is 5.75 Å². The Morgan fingerprint density at radius 1 is 1.19 bits per heavy atom. The molecule has 2 heterocycles. The minimum atomic E-state index is -4.61. The van der Waals surface area contributed by atoms with Crippen LogP contribution in [0.4, 0.5) is 13.2 Å². The van der Waals surface area contributed by atoms with Gasteiger partial charge < -0.3 is 0 Å². The zero-order valence-corrected chi connectivity index (χ0v) is 17.9. The summed E-state index contributed by atoms with van der Waals surface area (Å²) in [5.41, 5.74) is 1.04. The van der Waals surface area contributed by atoms with Gasteiger partial charge in [-0.25, -0.2) is 13.4 Å². The quantitative estimate of drug-likeness (QED) is 0.600. The number of amides is 1. The molecular formula is C21H19F3N4O3S. The van der Waals surface area contributed by atoms with E-state index < -0.39 is 33.6 Å². The van der Waals surface area contributed by atoms with Crippen molar-refractivity contribution in [2.45, 2.75) is 20.0 Å². The lowest BCUT2D eigenvalue weighted by molar-refractivity contribution is -0.140. The maximum absolute atomic E-state index is 13.3. The largest absolute Gasteiger partial charge is 0.434 e. The van der Waals surface area contributed by atoms with Crippen LogP contribution in [0.2, 0.25) is 0 Å². The van der Waals surface area contributed by atoms with Crippen molar-refractivity contribution in [3.63, 3.8) is 0 Å². The van der Waals surface area contributed by atoms with Gasteiger partial charge in [0, 0.05) is 36.3 Å². The minimum absolute atomic E-state index is 0.104. The molecule has 1 N–H and O–H groups in total. The van der Waals surface area contributed by atoms with Gasteiger partial charge in [0.2, 0.25) is 15.9 Å². The highest BCUT2D eigenvalue weighted by molar-refractivity contribution is 7.90. The number of sulfonamides is 1. The number of hydrogen-bond donors (Lipinski definition) is 1. The molecule has 0 unspecified atom stereocenters. The molecule has 11 heteroatoms. The van der Waals surface area contributed by atoms with E-state index in [-0.39, 0.29) is 5.82 Å². The summed E-state index contributed by atoms with van der Waals surface area (Å²) in [6.07, 6.45) is 0.753. The maximum Gasteiger partial charge on any atom is 0.434 e. The third-order valence-electron chi connectivity index (χ3n) is 4.34. The van der Waals surface area contributed by atoms with Gasteiger partial charge in [0.15, 0.2) is 5.69 Å². The van der Waals surface area contributed by atoms with Gasteiger partial charge in [0.25, 0.3) is 0 Å². The molecule has 7 nitrogen and oxygen atoms in total. The molecule has 1 amide bonds. The van der Waals surface area contributed by atoms with Crippen molar-refractivity contribution < 1.29 is 26.4 Å². The highest BCUT2D eigenvalue weighted by Crippen LogP contribution is 2.33. The van der Waals surface area contributed by atoms with Crippen LogP contribution in [0.25, 0.3) is 23.2 Å². The predicted molar refractivity (Wildman–Crippen MR) is 113 cm³/mol. The first kappa shape index (κ1) is 23.2. The van der Waals surface area contributed by atoms with Gasteiger partial charge >= 0.3 is 6.18 Å². The van der Waals surface area contributed by atoms with E-state index in [9.17, 15) is 26.4 Å². The molecule has 0 saturated heterocycles. The molecule has 0 fully saturated rings. The van der Waals surface area contributed by atoms with Gasteiger partial charge in [-0.2, -0.15) is 13.2 Å². The van der Waals surface area contributed by atoms with Crippen LogP contribution in [-0.2, 0) is 21.0 Å². The van der Waals surface area contributed by atoms with E-state index >= 15 is 0 Å². The molecule has 0 bridgehead atoms. The van der Waals surface area contributed by atoms with Crippen molar-refractivity contribution in [2.24, 2.45) is 0 Å². The van der Waals surface area contributed by atoms with Crippen LogP contribution in [0.5, 0.6) is 0 Å². The Morgan fingerprint density at radius 2 is 1.88 bits per heavy atom. The monoisotopic (exact) mass is 464 g/mol. The van der Waals surface area contributed by atoms with Gasteiger partial charge in [-0.15, -0.1) is 0 Å². The fraction of sp³-hybridized carbons (Fsp3) is 0.190. The van der Waals surface area contributed by atoms with Gasteiger partial charge in [-0.3, -0.25) is 19.1 Å². The number of aromatic nitrogens is 3. The molecule has 3 aromatic rings. The van der Waals surface area contributed by atoms with E-state index in [1.165, 1.54) is 16.7 Å². The zero-order valence-electron chi connectivity index (χ0n) is 17.1. The number of imidazole rings is 1. The van der Waals surface area contributed by atoms with E-state index in [1.807, 2.05) is 4.72 Å². The Balaban J connectivity index is 1.92. The van der Waals surface area contributed by atoms with Crippen LogP contribution < -0.4 is 4.72 Å². The first-order chi connectivity index (χ1) is 15.0. The van der Waals surface area contributed by atoms with E-state index in [4.69, 9.17) is 0 Å². The molecule has 0 spiro atoms. The predicted octanol–water partition coefficient (Wildman–Crippen LogP) is 3.74. The number of nitrogens with zero attached hydrogens (tertiary/aromatic N) is 3. The number of carbonyl (C=O) groups excluding carboxylic acids is 1. The van der Waals surface area contributed by atoms with E-state index in [1.54, 1.807) is 49.5 Å². The van der Waals surface area contributed by atoms with Gasteiger partial charge in [0.05, 0.1) is 5.75 Å². The first-order valence-corrected chi connectivity index (χ1v) is 11.0. The fourth-order valence-electron chi connectivity index (χ4n) is 2.94. The molecule has 0 radical (unpaired) electrons. The Labute approximate surface area is 182 Å². The van der Waals surface area contributed by atoms with Gasteiger partial charge in [0.1, 0.15) is 5.82 Å². The smallest absolute Gasteiger partial charge is 0.299 e. The summed E-state index contributed by atoms with van der Waals surface area (Å²) in [5.74, 6) is -0.969. The van der Waals surface area contributed by atoms with Crippen LogP contribution in [0, 0.1) is 6.92 Å². The Morgan fingerprint density at radius 3 is 2.47 bits per heavy atom. The van der Waals surface area contributed by atoms with E-state index in [0.29, 0.717) is 22.5 Å². The van der Waals surface area contributed by atoms with E-state index in [2.05, 4.69) is 9.97 Å². The Kier molecular flexibility index (Phi) is 6.49. The van der Waals surface area contributed by atoms with Crippen LogP contribution in [0.1, 0.15) is 23.9 Å². The molecule has 0 aliphatic heterocycles. The number of aryl methyl sites for hydroxylation is 1. The highest BCUT2D eigenvalue weighted by atomic mass is 32.2. The zero-order chi connectivity index (χ0) is 23.5. The SMILES string of the molecule is CC(=O)NS(=O)(=O)CC=Cc1ccc(-n2cc(C(F)(F)F)nc2-c2cccnc2C)cc1. The number of pyridine rings is 1. The van der Waals surface area contributed by atoms with Crippen molar-refractivity contribution in [1.82, 2.24) is 19.3 Å². The third kappa shape index (κ3) is 5.61. The van der Waals surface area contributed by atoms with Crippen LogP contribution >= 0.6 is 0 Å². The third-order valence-corrected chi connectivity index (χ3v) is 5.57. The molecule has 0 atom stereocenters. The Hall–Kier alpha value is -3.47. The number of alkyl halides is 3. The summed E-state index contributed by atoms with van der Waals surface area (Å²) < 4.78 is 66.5. The first-order valence-electron chi connectivity index (χ1n) is 9.33. The summed E-state index contributed by atoms with van der Waals surface area (Å²) in [4.78, 5) is 18.8. The molecule has 0 aliphatic rings. The van der Waals surface area contributed by atoms with Crippen LogP contribution in [0.15, 0.2) is 54.9 Å². The average Bonchev–Trinajstić information content (AvgIpc) is 3.13. The van der Waals surface area contributed by atoms with Gasteiger partial charge in [-0.05, 0) is 36.8 Å². The molecule has 3 rings (SSSR count). The summed E-state index contributed by atoms with van der Waals surface area (Å²) >= 11 is 0. The summed E-state index contributed by atoms with van der Waals surface area (Å²) in [6.45, 7) is 2.78. The lowest BCUT2D eigenvalue weighted by atomic mass is 10.1. The number of hydrogen-bond acceptors (Lipinski definition) is 5. The number of carbonyl (C=O) groups is 1. The number of halogens is 3. The molecule has 0 saturated carbocycles. The van der Waals surface area contributed by atoms with Crippen LogP contribution in [0.3, 0.4) is 0 Å². The number of rotatable bonds is 6. The molecule has 32 heavy (non-hydrogen) atoms. The van der Waals surface area contributed by atoms with Crippen LogP contribution in [-0.4, -0.2) is 34.6 Å². The molecule has 168 valence electrons.